The Balaban J connectivity index is 1.81. The summed E-state index contributed by atoms with van der Waals surface area (Å²) < 4.78 is 5.30. The van der Waals surface area contributed by atoms with Crippen LogP contribution in [0.3, 0.4) is 0 Å². The van der Waals surface area contributed by atoms with Gasteiger partial charge in [-0.15, -0.1) is 11.3 Å². The minimum atomic E-state index is 0.727. The minimum absolute atomic E-state index is 0.727. The predicted molar refractivity (Wildman–Crippen MR) is 64.6 cm³/mol. The van der Waals surface area contributed by atoms with Gasteiger partial charge in [-0.2, -0.15) is 0 Å². The SMILES string of the molecule is COc1ccsc1CNC1CCCCC1. The molecule has 0 aliphatic heterocycles. The molecule has 0 aromatic carbocycles. The van der Waals surface area contributed by atoms with Gasteiger partial charge < -0.3 is 10.1 Å². The normalized spacial score (nSPS) is 17.9. The monoisotopic (exact) mass is 225 g/mol. The van der Waals surface area contributed by atoms with Gasteiger partial charge in [0, 0.05) is 12.6 Å². The summed E-state index contributed by atoms with van der Waals surface area (Å²) in [7, 11) is 1.74. The summed E-state index contributed by atoms with van der Waals surface area (Å²) in [6, 6.07) is 2.77. The molecule has 1 aliphatic carbocycles. The van der Waals surface area contributed by atoms with Crippen molar-refractivity contribution in [2.24, 2.45) is 0 Å². The fourth-order valence-corrected chi connectivity index (χ4v) is 2.97. The lowest BCUT2D eigenvalue weighted by Gasteiger charge is -2.22. The Kier molecular flexibility index (Phi) is 4.03. The Labute approximate surface area is 95.6 Å². The van der Waals surface area contributed by atoms with E-state index >= 15 is 0 Å². The predicted octanol–water partition coefficient (Wildman–Crippen LogP) is 3.18. The van der Waals surface area contributed by atoms with Gasteiger partial charge in [-0.3, -0.25) is 0 Å². The maximum Gasteiger partial charge on any atom is 0.134 e. The zero-order chi connectivity index (χ0) is 10.5. The number of hydrogen-bond donors (Lipinski definition) is 1. The molecule has 2 rings (SSSR count). The van der Waals surface area contributed by atoms with Crippen LogP contribution in [-0.2, 0) is 6.54 Å². The molecule has 2 nitrogen and oxygen atoms in total. The second-order valence-electron chi connectivity index (χ2n) is 4.13. The number of rotatable bonds is 4. The molecular formula is C12H19NOS. The summed E-state index contributed by atoms with van der Waals surface area (Å²) in [6.45, 7) is 0.964. The molecule has 1 aromatic heterocycles. The Morgan fingerprint density at radius 1 is 1.40 bits per heavy atom. The van der Waals surface area contributed by atoms with E-state index in [-0.39, 0.29) is 0 Å². The number of ether oxygens (including phenoxy) is 1. The van der Waals surface area contributed by atoms with Gasteiger partial charge >= 0.3 is 0 Å². The van der Waals surface area contributed by atoms with Gasteiger partial charge in [-0.05, 0) is 24.3 Å². The van der Waals surface area contributed by atoms with Crippen LogP contribution >= 0.6 is 11.3 Å². The Hall–Kier alpha value is -0.540. The first-order valence-corrected chi connectivity index (χ1v) is 6.62. The summed E-state index contributed by atoms with van der Waals surface area (Å²) in [4.78, 5) is 1.32. The molecule has 1 aromatic rings. The second kappa shape index (κ2) is 5.52. The highest BCUT2D eigenvalue weighted by Crippen LogP contribution is 2.25. The number of hydrogen-bond acceptors (Lipinski definition) is 3. The molecule has 0 amide bonds. The quantitative estimate of drug-likeness (QED) is 0.849. The van der Waals surface area contributed by atoms with Crippen LogP contribution in [0.5, 0.6) is 5.75 Å². The van der Waals surface area contributed by atoms with Crippen molar-refractivity contribution in [1.82, 2.24) is 5.32 Å². The molecular weight excluding hydrogens is 206 g/mol. The van der Waals surface area contributed by atoms with E-state index in [9.17, 15) is 0 Å². The van der Waals surface area contributed by atoms with Crippen LogP contribution < -0.4 is 10.1 Å². The molecule has 1 fully saturated rings. The number of thiophene rings is 1. The average molecular weight is 225 g/mol. The third-order valence-electron chi connectivity index (χ3n) is 3.08. The molecule has 15 heavy (non-hydrogen) atoms. The highest BCUT2D eigenvalue weighted by Gasteiger charge is 2.13. The van der Waals surface area contributed by atoms with Crippen molar-refractivity contribution in [3.63, 3.8) is 0 Å². The zero-order valence-electron chi connectivity index (χ0n) is 9.29. The van der Waals surface area contributed by atoms with Gasteiger partial charge in [0.25, 0.3) is 0 Å². The summed E-state index contributed by atoms with van der Waals surface area (Å²) in [5.41, 5.74) is 0. The van der Waals surface area contributed by atoms with E-state index in [2.05, 4.69) is 10.7 Å². The van der Waals surface area contributed by atoms with Gasteiger partial charge in [0.15, 0.2) is 0 Å². The summed E-state index contributed by atoms with van der Waals surface area (Å²) in [5, 5.41) is 5.72. The first kappa shape index (κ1) is 11.0. The molecule has 1 heterocycles. The Bertz CT molecular complexity index is 292. The fraction of sp³-hybridized carbons (Fsp3) is 0.667. The maximum atomic E-state index is 5.30. The second-order valence-corrected chi connectivity index (χ2v) is 5.13. The largest absolute Gasteiger partial charge is 0.496 e. The Morgan fingerprint density at radius 2 is 2.20 bits per heavy atom. The average Bonchev–Trinajstić information content (AvgIpc) is 2.75. The van der Waals surface area contributed by atoms with Crippen LogP contribution in [0.15, 0.2) is 11.4 Å². The van der Waals surface area contributed by atoms with E-state index in [0.717, 1.165) is 18.3 Å². The third-order valence-corrected chi connectivity index (χ3v) is 3.98. The number of nitrogens with one attached hydrogen (secondary N) is 1. The van der Waals surface area contributed by atoms with Gasteiger partial charge in [-0.25, -0.2) is 0 Å². The van der Waals surface area contributed by atoms with E-state index in [1.165, 1.54) is 37.0 Å². The van der Waals surface area contributed by atoms with Gasteiger partial charge in [0.2, 0.25) is 0 Å². The summed E-state index contributed by atoms with van der Waals surface area (Å²) >= 11 is 1.78. The molecule has 0 bridgehead atoms. The van der Waals surface area contributed by atoms with E-state index < -0.39 is 0 Å². The van der Waals surface area contributed by atoms with Crippen LogP contribution in [-0.4, -0.2) is 13.2 Å². The van der Waals surface area contributed by atoms with E-state index in [4.69, 9.17) is 4.74 Å². The van der Waals surface area contributed by atoms with Crippen molar-refractivity contribution in [3.05, 3.63) is 16.3 Å². The van der Waals surface area contributed by atoms with Crippen LogP contribution in [0.1, 0.15) is 37.0 Å². The topological polar surface area (TPSA) is 21.3 Å². The maximum absolute atomic E-state index is 5.30. The summed E-state index contributed by atoms with van der Waals surface area (Å²) in [5.74, 6) is 1.03. The van der Waals surface area contributed by atoms with Gasteiger partial charge in [0.1, 0.15) is 5.75 Å². The molecule has 1 N–H and O–H groups in total. The lowest BCUT2D eigenvalue weighted by molar-refractivity contribution is 0.367. The van der Waals surface area contributed by atoms with Gasteiger partial charge in [-0.1, -0.05) is 19.3 Å². The van der Waals surface area contributed by atoms with E-state index in [0.29, 0.717) is 0 Å². The lowest BCUT2D eigenvalue weighted by atomic mass is 9.95. The van der Waals surface area contributed by atoms with Crippen molar-refractivity contribution in [2.45, 2.75) is 44.7 Å². The molecule has 0 unspecified atom stereocenters. The lowest BCUT2D eigenvalue weighted by Crippen LogP contribution is -2.30. The molecule has 0 saturated heterocycles. The molecule has 0 spiro atoms. The Morgan fingerprint density at radius 3 is 2.93 bits per heavy atom. The third kappa shape index (κ3) is 2.95. The van der Waals surface area contributed by atoms with Crippen molar-refractivity contribution in [2.75, 3.05) is 7.11 Å². The first-order chi connectivity index (χ1) is 7.40. The number of methoxy groups -OCH3 is 1. The molecule has 1 aliphatic rings. The van der Waals surface area contributed by atoms with Crippen LogP contribution in [0.2, 0.25) is 0 Å². The van der Waals surface area contributed by atoms with Gasteiger partial charge in [0.05, 0.1) is 12.0 Å². The van der Waals surface area contributed by atoms with Crippen LogP contribution in [0.25, 0.3) is 0 Å². The molecule has 0 atom stereocenters. The van der Waals surface area contributed by atoms with Crippen LogP contribution in [0.4, 0.5) is 0 Å². The molecule has 0 radical (unpaired) electrons. The fourth-order valence-electron chi connectivity index (χ4n) is 2.18. The zero-order valence-corrected chi connectivity index (χ0v) is 10.1. The van der Waals surface area contributed by atoms with Crippen molar-refractivity contribution < 1.29 is 4.74 Å². The van der Waals surface area contributed by atoms with Crippen molar-refractivity contribution in [3.8, 4) is 5.75 Å². The van der Waals surface area contributed by atoms with Crippen LogP contribution in [0, 0.1) is 0 Å². The van der Waals surface area contributed by atoms with E-state index in [1.807, 2.05) is 6.07 Å². The summed E-state index contributed by atoms with van der Waals surface area (Å²) in [6.07, 6.45) is 6.88. The minimum Gasteiger partial charge on any atom is -0.496 e. The first-order valence-electron chi connectivity index (χ1n) is 5.74. The van der Waals surface area contributed by atoms with Crippen molar-refractivity contribution in [1.29, 1.82) is 0 Å². The van der Waals surface area contributed by atoms with E-state index in [1.54, 1.807) is 18.4 Å². The highest BCUT2D eigenvalue weighted by atomic mass is 32.1. The highest BCUT2D eigenvalue weighted by molar-refractivity contribution is 7.10. The van der Waals surface area contributed by atoms with Crippen molar-refractivity contribution >= 4 is 11.3 Å². The molecule has 1 saturated carbocycles. The smallest absolute Gasteiger partial charge is 0.134 e. The molecule has 3 heteroatoms. The standard InChI is InChI=1S/C12H19NOS/c1-14-11-7-8-15-12(11)9-13-10-5-3-2-4-6-10/h7-8,10,13H,2-6,9H2,1H3. The molecule has 84 valence electrons.